The lowest BCUT2D eigenvalue weighted by Crippen LogP contribution is -2.30. The maximum Gasteiger partial charge on any atom is 0.133 e. The summed E-state index contributed by atoms with van der Waals surface area (Å²) < 4.78 is 6.79. The highest BCUT2D eigenvalue weighted by atomic mass is 79.9. The van der Waals surface area contributed by atoms with Crippen molar-refractivity contribution in [1.82, 2.24) is 5.32 Å². The third kappa shape index (κ3) is 5.63. The fourth-order valence-corrected chi connectivity index (χ4v) is 2.84. The average molecular weight is 356 g/mol. The monoisotopic (exact) mass is 355 g/mol. The molecule has 21 heavy (non-hydrogen) atoms. The van der Waals surface area contributed by atoms with Gasteiger partial charge in [0.15, 0.2) is 0 Å². The van der Waals surface area contributed by atoms with Gasteiger partial charge in [0.05, 0.1) is 11.1 Å². The lowest BCUT2D eigenvalue weighted by atomic mass is 9.86. The largest absolute Gasteiger partial charge is 0.492 e. The van der Waals surface area contributed by atoms with Crippen LogP contribution in [0.3, 0.4) is 0 Å². The van der Waals surface area contributed by atoms with E-state index in [1.54, 1.807) is 0 Å². The van der Waals surface area contributed by atoms with Gasteiger partial charge in [-0.05, 0) is 64.8 Å². The number of benzene rings is 1. The zero-order valence-electron chi connectivity index (χ0n) is 14.1. The minimum atomic E-state index is 0.390. The average Bonchev–Trinajstić information content (AvgIpc) is 2.46. The number of ether oxygens (including phenoxy) is 1. The number of rotatable bonds is 9. The molecule has 2 unspecified atom stereocenters. The molecule has 1 rings (SSSR count). The summed E-state index contributed by atoms with van der Waals surface area (Å²) >= 11 is 3.65. The first kappa shape index (κ1) is 18.5. The molecule has 0 bridgehead atoms. The molecule has 0 aliphatic carbocycles. The summed E-state index contributed by atoms with van der Waals surface area (Å²) in [6.45, 7) is 13.1. The molecule has 0 amide bonds. The van der Waals surface area contributed by atoms with Crippen molar-refractivity contribution >= 4 is 15.9 Å². The van der Waals surface area contributed by atoms with Crippen LogP contribution in [-0.2, 0) is 0 Å². The molecule has 120 valence electrons. The van der Waals surface area contributed by atoms with Crippen molar-refractivity contribution in [2.45, 2.75) is 53.5 Å². The number of hydrogen-bond acceptors (Lipinski definition) is 2. The molecule has 2 atom stereocenters. The van der Waals surface area contributed by atoms with Gasteiger partial charge in [0.2, 0.25) is 0 Å². The van der Waals surface area contributed by atoms with Crippen molar-refractivity contribution in [3.63, 3.8) is 0 Å². The van der Waals surface area contributed by atoms with Crippen molar-refractivity contribution < 1.29 is 4.74 Å². The molecule has 0 radical (unpaired) electrons. The van der Waals surface area contributed by atoms with E-state index in [9.17, 15) is 0 Å². The van der Waals surface area contributed by atoms with Crippen molar-refractivity contribution in [3.05, 3.63) is 28.2 Å². The van der Waals surface area contributed by atoms with Gasteiger partial charge in [-0.1, -0.05) is 40.7 Å². The third-order valence-electron chi connectivity index (χ3n) is 3.97. The van der Waals surface area contributed by atoms with Crippen LogP contribution in [0.1, 0.15) is 59.1 Å². The van der Waals surface area contributed by atoms with Gasteiger partial charge in [-0.15, -0.1) is 0 Å². The maximum atomic E-state index is 5.74. The van der Waals surface area contributed by atoms with Crippen molar-refractivity contribution in [2.24, 2.45) is 11.8 Å². The Bertz CT molecular complexity index is 420. The Labute approximate surface area is 138 Å². The lowest BCUT2D eigenvalue weighted by Gasteiger charge is -2.29. The normalized spacial score (nSPS) is 14.2. The second kappa shape index (κ2) is 9.47. The summed E-state index contributed by atoms with van der Waals surface area (Å²) in [5, 5.41) is 3.70. The Morgan fingerprint density at radius 2 is 1.86 bits per heavy atom. The van der Waals surface area contributed by atoms with Crippen LogP contribution in [0.5, 0.6) is 5.75 Å². The molecule has 0 saturated heterocycles. The molecule has 0 aromatic heterocycles. The molecule has 0 saturated carbocycles. The summed E-state index contributed by atoms with van der Waals surface area (Å²) in [4.78, 5) is 0. The van der Waals surface area contributed by atoms with E-state index in [4.69, 9.17) is 4.74 Å². The lowest BCUT2D eigenvalue weighted by molar-refractivity contribution is 0.301. The second-order valence-corrected chi connectivity index (χ2v) is 6.93. The summed E-state index contributed by atoms with van der Waals surface area (Å²) in [5.74, 6) is 2.17. The van der Waals surface area contributed by atoms with Crippen LogP contribution in [0.2, 0.25) is 0 Å². The van der Waals surface area contributed by atoms with Gasteiger partial charge in [0.25, 0.3) is 0 Å². The van der Waals surface area contributed by atoms with Gasteiger partial charge in [-0.2, -0.15) is 0 Å². The minimum absolute atomic E-state index is 0.390. The summed E-state index contributed by atoms with van der Waals surface area (Å²) in [6.07, 6.45) is 2.18. The molecule has 0 aliphatic rings. The summed E-state index contributed by atoms with van der Waals surface area (Å²) in [5.41, 5.74) is 1.33. The molecule has 3 heteroatoms. The molecule has 1 N–H and O–H groups in total. The highest BCUT2D eigenvalue weighted by molar-refractivity contribution is 9.10. The topological polar surface area (TPSA) is 21.3 Å². The number of nitrogens with one attached hydrogen (secondary N) is 1. The standard InChI is InChI=1S/C18H30BrNO/c1-6-10-20-18(14(5)13(3)4)15-8-9-17(16(19)12-15)21-11-7-2/h8-9,12-14,18,20H,6-7,10-11H2,1-5H3. The van der Waals surface area contributed by atoms with Crippen molar-refractivity contribution in [1.29, 1.82) is 0 Å². The highest BCUT2D eigenvalue weighted by Gasteiger charge is 2.22. The van der Waals surface area contributed by atoms with Gasteiger partial charge >= 0.3 is 0 Å². The minimum Gasteiger partial charge on any atom is -0.492 e. The van der Waals surface area contributed by atoms with E-state index in [0.717, 1.165) is 36.2 Å². The van der Waals surface area contributed by atoms with E-state index < -0.39 is 0 Å². The van der Waals surface area contributed by atoms with E-state index in [2.05, 4.69) is 74.1 Å². The van der Waals surface area contributed by atoms with Gasteiger partial charge < -0.3 is 10.1 Å². The Balaban J connectivity index is 2.94. The number of hydrogen-bond donors (Lipinski definition) is 1. The second-order valence-electron chi connectivity index (χ2n) is 6.07. The van der Waals surface area contributed by atoms with Crippen LogP contribution in [0, 0.1) is 11.8 Å². The van der Waals surface area contributed by atoms with Gasteiger partial charge in [0, 0.05) is 6.04 Å². The molecule has 1 aromatic rings. The van der Waals surface area contributed by atoms with Crippen LogP contribution in [0.4, 0.5) is 0 Å². The molecule has 0 aliphatic heterocycles. The Morgan fingerprint density at radius 1 is 1.14 bits per heavy atom. The fourth-order valence-electron chi connectivity index (χ4n) is 2.33. The van der Waals surface area contributed by atoms with Crippen LogP contribution in [0.15, 0.2) is 22.7 Å². The summed E-state index contributed by atoms with van der Waals surface area (Å²) in [7, 11) is 0. The predicted octanol–water partition coefficient (Wildman–Crippen LogP) is 5.57. The quantitative estimate of drug-likeness (QED) is 0.624. The molecule has 2 nitrogen and oxygen atoms in total. The van der Waals surface area contributed by atoms with E-state index in [-0.39, 0.29) is 0 Å². The Kier molecular flexibility index (Phi) is 8.35. The van der Waals surface area contributed by atoms with E-state index in [0.29, 0.717) is 17.9 Å². The first-order chi connectivity index (χ1) is 10.0. The van der Waals surface area contributed by atoms with Crippen LogP contribution < -0.4 is 10.1 Å². The SMILES string of the molecule is CCCNC(c1ccc(OCCC)c(Br)c1)C(C)C(C)C. The van der Waals surface area contributed by atoms with Gasteiger partial charge in [0.1, 0.15) is 5.75 Å². The zero-order valence-corrected chi connectivity index (χ0v) is 15.7. The zero-order chi connectivity index (χ0) is 15.8. The van der Waals surface area contributed by atoms with Crippen LogP contribution in [-0.4, -0.2) is 13.2 Å². The molecule has 0 spiro atoms. The van der Waals surface area contributed by atoms with E-state index in [1.165, 1.54) is 5.56 Å². The van der Waals surface area contributed by atoms with Crippen LogP contribution >= 0.6 is 15.9 Å². The smallest absolute Gasteiger partial charge is 0.133 e. The molecule has 1 aromatic carbocycles. The van der Waals surface area contributed by atoms with Crippen molar-refractivity contribution in [3.8, 4) is 5.75 Å². The highest BCUT2D eigenvalue weighted by Crippen LogP contribution is 2.33. The number of halogens is 1. The van der Waals surface area contributed by atoms with E-state index >= 15 is 0 Å². The van der Waals surface area contributed by atoms with Gasteiger partial charge in [-0.25, -0.2) is 0 Å². The molecule has 0 heterocycles. The van der Waals surface area contributed by atoms with Crippen molar-refractivity contribution in [2.75, 3.05) is 13.2 Å². The van der Waals surface area contributed by atoms with Crippen LogP contribution in [0.25, 0.3) is 0 Å². The first-order valence-electron chi connectivity index (χ1n) is 8.16. The molecular formula is C18H30BrNO. The Morgan fingerprint density at radius 3 is 2.38 bits per heavy atom. The van der Waals surface area contributed by atoms with E-state index in [1.807, 2.05) is 0 Å². The third-order valence-corrected chi connectivity index (χ3v) is 4.59. The predicted molar refractivity (Wildman–Crippen MR) is 95.0 cm³/mol. The van der Waals surface area contributed by atoms with Gasteiger partial charge in [-0.3, -0.25) is 0 Å². The Hall–Kier alpha value is -0.540. The fraction of sp³-hybridized carbons (Fsp3) is 0.667. The molecule has 0 fully saturated rings. The molecular weight excluding hydrogens is 326 g/mol. The summed E-state index contributed by atoms with van der Waals surface area (Å²) in [6, 6.07) is 6.88. The first-order valence-corrected chi connectivity index (χ1v) is 8.96. The maximum absolute atomic E-state index is 5.74.